The summed E-state index contributed by atoms with van der Waals surface area (Å²) in [5, 5.41) is 2.88. The van der Waals surface area contributed by atoms with Crippen LogP contribution in [0.1, 0.15) is 0 Å². The Morgan fingerprint density at radius 3 is 2.07 bits per heavy atom. The quantitative estimate of drug-likeness (QED) is 0.419. The smallest absolute Gasteiger partial charge is 0.238 e. The van der Waals surface area contributed by atoms with Gasteiger partial charge in [-0.25, -0.2) is 8.42 Å². The van der Waals surface area contributed by atoms with Crippen LogP contribution in [0.25, 0.3) is 11.5 Å². The number of anilines is 2. The minimum absolute atomic E-state index is 0.0768. The molecule has 1 heterocycles. The van der Waals surface area contributed by atoms with E-state index in [0.717, 1.165) is 4.47 Å². The second-order valence-electron chi connectivity index (χ2n) is 5.97. The van der Waals surface area contributed by atoms with E-state index in [4.69, 9.17) is 4.42 Å². The molecule has 0 aliphatic carbocycles. The van der Waals surface area contributed by atoms with Crippen LogP contribution in [0.2, 0.25) is 0 Å². The van der Waals surface area contributed by atoms with Gasteiger partial charge in [0.05, 0.1) is 4.90 Å². The predicted molar refractivity (Wildman–Crippen MR) is 111 cm³/mol. The maximum Gasteiger partial charge on any atom is 0.238 e. The van der Waals surface area contributed by atoms with Crippen LogP contribution < -0.4 is 5.32 Å². The van der Waals surface area contributed by atoms with Gasteiger partial charge in [-0.3, -0.25) is 0 Å². The number of rotatable bonds is 5. The van der Waals surface area contributed by atoms with Crippen LogP contribution in [0.4, 0.5) is 11.6 Å². The molecule has 3 aromatic carbocycles. The first-order valence-electron chi connectivity index (χ1n) is 8.43. The fourth-order valence-electron chi connectivity index (χ4n) is 2.65. The van der Waals surface area contributed by atoms with Gasteiger partial charge in [-0.15, -0.1) is 0 Å². The van der Waals surface area contributed by atoms with Crippen LogP contribution in [0.5, 0.6) is 0 Å². The van der Waals surface area contributed by atoms with Crippen molar-refractivity contribution in [3.05, 3.63) is 89.4 Å². The van der Waals surface area contributed by atoms with Gasteiger partial charge in [-0.1, -0.05) is 52.3 Å². The molecule has 28 heavy (non-hydrogen) atoms. The van der Waals surface area contributed by atoms with Gasteiger partial charge in [-0.05, 0) is 48.5 Å². The monoisotopic (exact) mass is 454 g/mol. The Hall–Kier alpha value is -2.90. The van der Waals surface area contributed by atoms with Crippen molar-refractivity contribution in [2.75, 3.05) is 5.32 Å². The minimum atomic E-state index is -3.86. The Morgan fingerprint density at radius 2 is 1.43 bits per heavy atom. The summed E-state index contributed by atoms with van der Waals surface area (Å²) < 4.78 is 33.1. The first kappa shape index (κ1) is 18.5. The summed E-state index contributed by atoms with van der Waals surface area (Å²) in [7, 11) is -3.86. The second-order valence-corrected chi connectivity index (χ2v) is 8.75. The third-order valence-electron chi connectivity index (χ3n) is 4.03. The van der Waals surface area contributed by atoms with Gasteiger partial charge in [-0.2, -0.15) is 4.98 Å². The zero-order chi connectivity index (χ0) is 19.6. The number of hydrogen-bond donors (Lipinski definition) is 1. The van der Waals surface area contributed by atoms with E-state index in [2.05, 4.69) is 26.2 Å². The normalized spacial score (nSPS) is 11.3. The van der Waals surface area contributed by atoms with E-state index in [-0.39, 0.29) is 21.7 Å². The third kappa shape index (κ3) is 3.72. The lowest BCUT2D eigenvalue weighted by Crippen LogP contribution is -2.05. The van der Waals surface area contributed by atoms with E-state index in [0.29, 0.717) is 11.3 Å². The highest BCUT2D eigenvalue weighted by molar-refractivity contribution is 9.10. The molecule has 0 saturated carbocycles. The van der Waals surface area contributed by atoms with Crippen LogP contribution in [0.3, 0.4) is 0 Å². The summed E-state index contributed by atoms with van der Waals surface area (Å²) in [6.07, 6.45) is 0. The van der Waals surface area contributed by atoms with Gasteiger partial charge in [0.1, 0.15) is 0 Å². The summed E-state index contributed by atoms with van der Waals surface area (Å²) in [5.41, 5.74) is 1.37. The number of sulfone groups is 1. The molecule has 0 radical (unpaired) electrons. The molecule has 140 valence electrons. The predicted octanol–water partition coefficient (Wildman–Crippen LogP) is 5.68. The first-order chi connectivity index (χ1) is 13.5. The number of hydrogen-bond acceptors (Lipinski definition) is 5. The van der Waals surface area contributed by atoms with Crippen LogP contribution >= 0.6 is 15.9 Å². The van der Waals surface area contributed by atoms with Gasteiger partial charge in [0.25, 0.3) is 0 Å². The molecule has 4 aromatic rings. The molecule has 0 bridgehead atoms. The molecule has 1 aromatic heterocycles. The number of benzene rings is 3. The molecule has 1 N–H and O–H groups in total. The van der Waals surface area contributed by atoms with Crippen molar-refractivity contribution < 1.29 is 12.8 Å². The first-order valence-corrected chi connectivity index (χ1v) is 10.7. The fourth-order valence-corrected chi connectivity index (χ4v) is 4.19. The Labute approximate surface area is 171 Å². The molecule has 0 unspecified atom stereocenters. The number of oxazole rings is 1. The van der Waals surface area contributed by atoms with E-state index >= 15 is 0 Å². The fraction of sp³-hybridized carbons (Fsp3) is 0. The molecule has 0 spiro atoms. The zero-order valence-electron chi connectivity index (χ0n) is 14.5. The standard InChI is InChI=1S/C21H15BrN2O3S/c22-16-13-11-15(12-14-16)19-24-21(28(25,26)18-9-5-2-6-10-18)20(27-19)23-17-7-3-1-4-8-17/h1-14,23H. The van der Waals surface area contributed by atoms with Crippen LogP contribution in [-0.4, -0.2) is 13.4 Å². The van der Waals surface area contributed by atoms with Crippen molar-refractivity contribution in [3.8, 4) is 11.5 Å². The highest BCUT2D eigenvalue weighted by Gasteiger charge is 2.28. The highest BCUT2D eigenvalue weighted by Crippen LogP contribution is 2.34. The Morgan fingerprint density at radius 1 is 0.821 bits per heavy atom. The maximum atomic E-state index is 13.2. The minimum Gasteiger partial charge on any atom is -0.419 e. The van der Waals surface area contributed by atoms with Crippen LogP contribution in [-0.2, 0) is 9.84 Å². The lowest BCUT2D eigenvalue weighted by atomic mass is 10.2. The van der Waals surface area contributed by atoms with Crippen LogP contribution in [0.15, 0.2) is 104 Å². The van der Waals surface area contributed by atoms with Crippen molar-refractivity contribution >= 4 is 37.3 Å². The molecule has 4 rings (SSSR count). The Balaban J connectivity index is 1.84. The van der Waals surface area contributed by atoms with Gasteiger partial charge in [0.15, 0.2) is 0 Å². The molecule has 0 aliphatic heterocycles. The van der Waals surface area contributed by atoms with E-state index in [1.165, 1.54) is 12.1 Å². The van der Waals surface area contributed by atoms with Gasteiger partial charge >= 0.3 is 0 Å². The molecular formula is C21H15BrN2O3S. The third-order valence-corrected chi connectivity index (χ3v) is 6.23. The van der Waals surface area contributed by atoms with Crippen LogP contribution in [0, 0.1) is 0 Å². The summed E-state index contributed by atoms with van der Waals surface area (Å²) in [5.74, 6) is 0.299. The van der Waals surface area contributed by atoms with Crippen molar-refractivity contribution in [1.82, 2.24) is 4.98 Å². The molecule has 0 aliphatic rings. The van der Waals surface area contributed by atoms with E-state index in [1.54, 1.807) is 30.3 Å². The average molecular weight is 455 g/mol. The van der Waals surface area contributed by atoms with Crippen molar-refractivity contribution in [1.29, 1.82) is 0 Å². The van der Waals surface area contributed by atoms with E-state index in [1.807, 2.05) is 42.5 Å². The SMILES string of the molecule is O=S(=O)(c1ccccc1)c1nc(-c2ccc(Br)cc2)oc1Nc1ccccc1. The van der Waals surface area contributed by atoms with Gasteiger partial charge in [0.2, 0.25) is 26.6 Å². The Bertz CT molecular complexity index is 1190. The number of halogens is 1. The lowest BCUT2D eigenvalue weighted by molar-refractivity contribution is 0.582. The topological polar surface area (TPSA) is 72.2 Å². The largest absolute Gasteiger partial charge is 0.419 e. The molecule has 0 fully saturated rings. The Kier molecular flexibility index (Phi) is 5.02. The molecular weight excluding hydrogens is 440 g/mol. The molecule has 0 amide bonds. The highest BCUT2D eigenvalue weighted by atomic mass is 79.9. The molecule has 7 heteroatoms. The maximum absolute atomic E-state index is 13.2. The molecule has 5 nitrogen and oxygen atoms in total. The van der Waals surface area contributed by atoms with Gasteiger partial charge in [0, 0.05) is 15.7 Å². The van der Waals surface area contributed by atoms with Crippen molar-refractivity contribution in [3.63, 3.8) is 0 Å². The number of nitrogens with one attached hydrogen (secondary N) is 1. The average Bonchev–Trinajstić information content (AvgIpc) is 3.14. The summed E-state index contributed by atoms with van der Waals surface area (Å²) in [6, 6.07) is 24.7. The van der Waals surface area contributed by atoms with Gasteiger partial charge < -0.3 is 9.73 Å². The summed E-state index contributed by atoms with van der Waals surface area (Å²) in [4.78, 5) is 4.48. The number of para-hydroxylation sites is 1. The van der Waals surface area contributed by atoms with Crippen molar-refractivity contribution in [2.24, 2.45) is 0 Å². The zero-order valence-corrected chi connectivity index (χ0v) is 16.9. The number of nitrogens with zero attached hydrogens (tertiary/aromatic N) is 1. The number of aromatic nitrogens is 1. The van der Waals surface area contributed by atoms with Crippen molar-refractivity contribution in [2.45, 2.75) is 9.92 Å². The van der Waals surface area contributed by atoms with E-state index < -0.39 is 9.84 Å². The lowest BCUT2D eigenvalue weighted by Gasteiger charge is -2.05. The molecule has 0 saturated heterocycles. The van der Waals surface area contributed by atoms with E-state index in [9.17, 15) is 8.42 Å². The summed E-state index contributed by atoms with van der Waals surface area (Å²) >= 11 is 3.39. The second kappa shape index (κ2) is 7.61. The molecule has 0 atom stereocenters. The summed E-state index contributed by atoms with van der Waals surface area (Å²) in [6.45, 7) is 0.